The molecule has 7 nitrogen and oxygen atoms in total. The maximum absolute atomic E-state index is 9.65. The summed E-state index contributed by atoms with van der Waals surface area (Å²) in [6.45, 7) is 0. The van der Waals surface area contributed by atoms with Crippen LogP contribution in [0.4, 0.5) is 0 Å². The van der Waals surface area contributed by atoms with E-state index in [1.54, 1.807) is 67.1 Å². The number of nitrogens with zero attached hydrogens (tertiary/aromatic N) is 5. The summed E-state index contributed by atoms with van der Waals surface area (Å²) in [5, 5.41) is 29.0. The van der Waals surface area contributed by atoms with E-state index in [4.69, 9.17) is 10.2 Å². The summed E-state index contributed by atoms with van der Waals surface area (Å²) in [6.07, 6.45) is 3.35. The van der Waals surface area contributed by atoms with E-state index in [2.05, 4.69) is 23.2 Å². The SMILES string of the molecule is Cn1cncc1[C@@](N)(c1ccc(C#N)cc1)c1cc2cc(C#N)cc(-c3cccc(C#N)c3)c2o1. The van der Waals surface area contributed by atoms with Crippen LogP contribution in [0.5, 0.6) is 0 Å². The van der Waals surface area contributed by atoms with Gasteiger partial charge in [-0.1, -0.05) is 24.3 Å². The van der Waals surface area contributed by atoms with Gasteiger partial charge in [0.05, 0.1) is 53.1 Å². The van der Waals surface area contributed by atoms with Crippen LogP contribution in [0.3, 0.4) is 0 Å². The first-order chi connectivity index (χ1) is 17.0. The third kappa shape index (κ3) is 3.52. The highest BCUT2D eigenvalue weighted by atomic mass is 16.3. The van der Waals surface area contributed by atoms with Crippen LogP contribution < -0.4 is 5.73 Å². The molecule has 2 aromatic heterocycles. The Kier molecular flexibility index (Phi) is 5.15. The molecule has 0 saturated carbocycles. The lowest BCUT2D eigenvalue weighted by Crippen LogP contribution is -2.40. The monoisotopic (exact) mass is 454 g/mol. The van der Waals surface area contributed by atoms with Crippen molar-refractivity contribution in [2.45, 2.75) is 5.54 Å². The van der Waals surface area contributed by atoms with Gasteiger partial charge in [-0.15, -0.1) is 0 Å². The molecule has 0 aliphatic carbocycles. The number of hydrogen-bond acceptors (Lipinski definition) is 6. The second kappa shape index (κ2) is 8.32. The molecular weight excluding hydrogens is 436 g/mol. The zero-order valence-electron chi connectivity index (χ0n) is 18.7. The standard InChI is InChI=1S/C28H18N6O/c1-34-17-33-16-25(34)28(32,23-7-5-18(13-29)6-8-23)26-12-22-10-20(15-31)11-24(27(22)35-26)21-4-2-3-19(9-21)14-30/h2-12,16-17H,32H2,1H3/t28-/m0/s1. The van der Waals surface area contributed by atoms with Gasteiger partial charge in [0.25, 0.3) is 0 Å². The molecule has 2 heterocycles. The quantitative estimate of drug-likeness (QED) is 0.419. The summed E-state index contributed by atoms with van der Waals surface area (Å²) in [7, 11) is 1.85. The molecule has 3 aromatic carbocycles. The second-order valence-electron chi connectivity index (χ2n) is 8.24. The summed E-state index contributed by atoms with van der Waals surface area (Å²) in [4.78, 5) is 4.25. The fourth-order valence-corrected chi connectivity index (χ4v) is 4.34. The molecule has 0 spiro atoms. The molecule has 7 heteroatoms. The first-order valence-electron chi connectivity index (χ1n) is 10.7. The summed E-state index contributed by atoms with van der Waals surface area (Å²) in [5.74, 6) is 0.452. The van der Waals surface area contributed by atoms with Crippen molar-refractivity contribution in [3.8, 4) is 29.3 Å². The lowest BCUT2D eigenvalue weighted by molar-refractivity contribution is 0.445. The summed E-state index contributed by atoms with van der Waals surface area (Å²) < 4.78 is 8.28. The van der Waals surface area contributed by atoms with Crippen molar-refractivity contribution in [1.29, 1.82) is 15.8 Å². The highest BCUT2D eigenvalue weighted by Crippen LogP contribution is 2.40. The summed E-state index contributed by atoms with van der Waals surface area (Å²) in [6, 6.07) is 26.0. The van der Waals surface area contributed by atoms with Crippen LogP contribution in [0.2, 0.25) is 0 Å². The van der Waals surface area contributed by atoms with E-state index in [9.17, 15) is 15.8 Å². The topological polar surface area (TPSA) is 128 Å². The van der Waals surface area contributed by atoms with E-state index < -0.39 is 5.54 Å². The Hall–Kier alpha value is -5.16. The van der Waals surface area contributed by atoms with Crippen molar-refractivity contribution in [2.75, 3.05) is 0 Å². The van der Waals surface area contributed by atoms with Gasteiger partial charge < -0.3 is 14.7 Å². The Labute approximate surface area is 201 Å². The molecular formula is C28H18N6O. The van der Waals surface area contributed by atoms with Crippen LogP contribution in [0, 0.1) is 34.0 Å². The molecule has 0 bridgehead atoms. The van der Waals surface area contributed by atoms with Crippen LogP contribution >= 0.6 is 0 Å². The molecule has 0 aliphatic heterocycles. The maximum Gasteiger partial charge on any atom is 0.142 e. The molecule has 166 valence electrons. The van der Waals surface area contributed by atoms with Crippen LogP contribution in [0.15, 0.2) is 83.7 Å². The summed E-state index contributed by atoms with van der Waals surface area (Å²) in [5.41, 5.74) is 10.8. The Morgan fingerprint density at radius 2 is 1.63 bits per heavy atom. The number of aromatic nitrogens is 2. The Bertz CT molecular complexity index is 1710. The van der Waals surface area contributed by atoms with Crippen molar-refractivity contribution in [3.63, 3.8) is 0 Å². The summed E-state index contributed by atoms with van der Waals surface area (Å²) >= 11 is 0. The van der Waals surface area contributed by atoms with Crippen molar-refractivity contribution < 1.29 is 4.42 Å². The van der Waals surface area contributed by atoms with Gasteiger partial charge in [-0.3, -0.25) is 0 Å². The van der Waals surface area contributed by atoms with E-state index in [0.29, 0.717) is 50.2 Å². The van der Waals surface area contributed by atoms with Crippen LogP contribution in [0.1, 0.15) is 33.7 Å². The number of hydrogen-bond donors (Lipinski definition) is 1. The molecule has 5 rings (SSSR count). The van der Waals surface area contributed by atoms with Gasteiger partial charge in [0.2, 0.25) is 0 Å². The third-order valence-electron chi connectivity index (χ3n) is 6.13. The van der Waals surface area contributed by atoms with Gasteiger partial charge in [0.15, 0.2) is 0 Å². The highest BCUT2D eigenvalue weighted by Gasteiger charge is 2.38. The molecule has 0 saturated heterocycles. The Morgan fingerprint density at radius 1 is 0.886 bits per heavy atom. The zero-order valence-corrected chi connectivity index (χ0v) is 18.7. The molecule has 35 heavy (non-hydrogen) atoms. The van der Waals surface area contributed by atoms with Gasteiger partial charge >= 0.3 is 0 Å². The lowest BCUT2D eigenvalue weighted by atomic mass is 9.84. The molecule has 0 radical (unpaired) electrons. The zero-order chi connectivity index (χ0) is 24.6. The largest absolute Gasteiger partial charge is 0.458 e. The normalized spacial score (nSPS) is 12.4. The Balaban J connectivity index is 1.80. The predicted octanol–water partition coefficient (Wildman–Crippen LogP) is 4.70. The lowest BCUT2D eigenvalue weighted by Gasteiger charge is -2.28. The fourth-order valence-electron chi connectivity index (χ4n) is 4.34. The van der Waals surface area contributed by atoms with Gasteiger partial charge in [-0.25, -0.2) is 4.98 Å². The van der Waals surface area contributed by atoms with Crippen molar-refractivity contribution in [2.24, 2.45) is 12.8 Å². The minimum atomic E-state index is -1.23. The van der Waals surface area contributed by atoms with E-state index >= 15 is 0 Å². The first-order valence-corrected chi connectivity index (χ1v) is 10.7. The molecule has 0 amide bonds. The minimum absolute atomic E-state index is 0.452. The van der Waals surface area contributed by atoms with Gasteiger partial charge in [-0.2, -0.15) is 15.8 Å². The van der Waals surface area contributed by atoms with Gasteiger partial charge in [0.1, 0.15) is 16.9 Å². The number of aryl methyl sites for hydroxylation is 1. The molecule has 2 N–H and O–H groups in total. The number of fused-ring (bicyclic) bond motifs is 1. The maximum atomic E-state index is 9.65. The average molecular weight is 454 g/mol. The smallest absolute Gasteiger partial charge is 0.142 e. The highest BCUT2D eigenvalue weighted by molar-refractivity contribution is 5.94. The first kappa shape index (κ1) is 21.7. The fraction of sp³-hybridized carbons (Fsp3) is 0.0714. The van der Waals surface area contributed by atoms with Gasteiger partial charge in [-0.05, 0) is 53.6 Å². The molecule has 0 fully saturated rings. The number of benzene rings is 3. The number of imidazole rings is 1. The van der Waals surface area contributed by atoms with E-state index in [1.165, 1.54) is 0 Å². The van der Waals surface area contributed by atoms with Gasteiger partial charge in [0, 0.05) is 18.0 Å². The molecule has 0 unspecified atom stereocenters. The van der Waals surface area contributed by atoms with E-state index in [1.807, 2.05) is 23.7 Å². The van der Waals surface area contributed by atoms with Crippen LogP contribution in [0.25, 0.3) is 22.1 Å². The number of nitriles is 3. The van der Waals surface area contributed by atoms with Crippen molar-refractivity contribution >= 4 is 11.0 Å². The average Bonchev–Trinajstić information content (AvgIpc) is 3.54. The van der Waals surface area contributed by atoms with Crippen molar-refractivity contribution in [1.82, 2.24) is 9.55 Å². The predicted molar refractivity (Wildman–Crippen MR) is 130 cm³/mol. The van der Waals surface area contributed by atoms with E-state index in [-0.39, 0.29) is 0 Å². The number of rotatable bonds is 4. The van der Waals surface area contributed by atoms with Crippen LogP contribution in [-0.4, -0.2) is 9.55 Å². The molecule has 0 aliphatic rings. The second-order valence-corrected chi connectivity index (χ2v) is 8.24. The molecule has 5 aromatic rings. The number of nitrogens with two attached hydrogens (primary N) is 1. The number of furan rings is 1. The molecule has 1 atom stereocenters. The van der Waals surface area contributed by atoms with Crippen LogP contribution in [-0.2, 0) is 12.6 Å². The third-order valence-corrected chi connectivity index (χ3v) is 6.13. The van der Waals surface area contributed by atoms with E-state index in [0.717, 1.165) is 5.56 Å². The Morgan fingerprint density at radius 3 is 2.29 bits per heavy atom. The minimum Gasteiger partial charge on any atom is -0.458 e. The van der Waals surface area contributed by atoms with Crippen molar-refractivity contribution in [3.05, 3.63) is 113 Å².